The molecule has 0 fully saturated rings. The Hall–Kier alpha value is -1.84. The number of rotatable bonds is 7. The summed E-state index contributed by atoms with van der Waals surface area (Å²) in [5, 5.41) is 5.80. The van der Waals surface area contributed by atoms with Crippen molar-refractivity contribution in [3.8, 4) is 0 Å². The highest BCUT2D eigenvalue weighted by atomic mass is 16.2. The van der Waals surface area contributed by atoms with E-state index in [-0.39, 0.29) is 23.7 Å². The Kier molecular flexibility index (Phi) is 7.09. The second-order valence-electron chi connectivity index (χ2n) is 6.39. The maximum atomic E-state index is 12.5. The third-order valence-corrected chi connectivity index (χ3v) is 3.52. The summed E-state index contributed by atoms with van der Waals surface area (Å²) in [6.45, 7) is 9.90. The van der Waals surface area contributed by atoms with Crippen LogP contribution in [0.4, 0.5) is 5.69 Å². The van der Waals surface area contributed by atoms with Gasteiger partial charge in [0.15, 0.2) is 0 Å². The zero-order valence-electron chi connectivity index (χ0n) is 14.3. The zero-order valence-corrected chi connectivity index (χ0v) is 14.3. The summed E-state index contributed by atoms with van der Waals surface area (Å²) in [6, 6.07) is 7.23. The van der Waals surface area contributed by atoms with E-state index in [4.69, 9.17) is 0 Å². The lowest BCUT2D eigenvalue weighted by Gasteiger charge is -2.23. The number of carbonyl (C=O) groups excluding carboxylic acids is 2. The molecule has 0 radical (unpaired) electrons. The summed E-state index contributed by atoms with van der Waals surface area (Å²) in [7, 11) is 0. The molecule has 0 saturated heterocycles. The van der Waals surface area contributed by atoms with Gasteiger partial charge in [-0.3, -0.25) is 9.59 Å². The average molecular weight is 304 g/mol. The summed E-state index contributed by atoms with van der Waals surface area (Å²) in [5.41, 5.74) is 1.91. The second-order valence-corrected chi connectivity index (χ2v) is 6.39. The SMILES string of the molecule is CCc1ccccc1NC(=O)C(NC(=O)CC(C)C)C(C)C. The highest BCUT2D eigenvalue weighted by Gasteiger charge is 2.24. The van der Waals surface area contributed by atoms with Crippen molar-refractivity contribution in [1.82, 2.24) is 5.32 Å². The highest BCUT2D eigenvalue weighted by molar-refractivity contribution is 5.97. The molecule has 0 aliphatic heterocycles. The number of carbonyl (C=O) groups is 2. The minimum absolute atomic E-state index is 0.0323. The fourth-order valence-corrected chi connectivity index (χ4v) is 2.30. The van der Waals surface area contributed by atoms with Crippen LogP contribution in [0.2, 0.25) is 0 Å². The number of anilines is 1. The number of nitrogens with one attached hydrogen (secondary N) is 2. The molecule has 1 atom stereocenters. The quantitative estimate of drug-likeness (QED) is 0.811. The number of hydrogen-bond donors (Lipinski definition) is 2. The van der Waals surface area contributed by atoms with E-state index in [0.717, 1.165) is 17.7 Å². The van der Waals surface area contributed by atoms with Crippen molar-refractivity contribution in [2.45, 2.75) is 53.5 Å². The molecule has 0 aliphatic rings. The molecule has 1 aromatic rings. The van der Waals surface area contributed by atoms with E-state index in [2.05, 4.69) is 17.6 Å². The number of benzene rings is 1. The van der Waals surface area contributed by atoms with Gasteiger partial charge in [-0.25, -0.2) is 0 Å². The molecule has 0 spiro atoms. The molecule has 2 amide bonds. The fourth-order valence-electron chi connectivity index (χ4n) is 2.30. The summed E-state index contributed by atoms with van der Waals surface area (Å²) in [5.74, 6) is 0.0715. The van der Waals surface area contributed by atoms with Crippen molar-refractivity contribution in [3.05, 3.63) is 29.8 Å². The van der Waals surface area contributed by atoms with Crippen molar-refractivity contribution < 1.29 is 9.59 Å². The van der Waals surface area contributed by atoms with Gasteiger partial charge in [-0.1, -0.05) is 52.8 Å². The van der Waals surface area contributed by atoms with Crippen molar-refractivity contribution in [3.63, 3.8) is 0 Å². The van der Waals surface area contributed by atoms with E-state index < -0.39 is 6.04 Å². The molecule has 2 N–H and O–H groups in total. The maximum absolute atomic E-state index is 12.5. The third kappa shape index (κ3) is 5.51. The van der Waals surface area contributed by atoms with E-state index in [1.165, 1.54) is 0 Å². The van der Waals surface area contributed by atoms with Crippen LogP contribution >= 0.6 is 0 Å². The average Bonchev–Trinajstić information content (AvgIpc) is 2.44. The van der Waals surface area contributed by atoms with Gasteiger partial charge in [0, 0.05) is 12.1 Å². The number of amides is 2. The molecule has 0 heterocycles. The first-order valence-electron chi connectivity index (χ1n) is 8.03. The lowest BCUT2D eigenvalue weighted by molar-refractivity contribution is -0.127. The molecule has 122 valence electrons. The predicted molar refractivity (Wildman–Crippen MR) is 90.7 cm³/mol. The number of hydrogen-bond acceptors (Lipinski definition) is 2. The van der Waals surface area contributed by atoms with Gasteiger partial charge < -0.3 is 10.6 Å². The molecule has 1 rings (SSSR count). The van der Waals surface area contributed by atoms with E-state index in [0.29, 0.717) is 6.42 Å². The standard InChI is InChI=1S/C18H28N2O2/c1-6-14-9-7-8-10-15(14)19-18(22)17(13(4)5)20-16(21)11-12(2)3/h7-10,12-13,17H,6,11H2,1-5H3,(H,19,22)(H,20,21). The minimum Gasteiger partial charge on any atom is -0.344 e. The van der Waals surface area contributed by atoms with Gasteiger partial charge in [0.2, 0.25) is 11.8 Å². The van der Waals surface area contributed by atoms with Crippen LogP contribution in [-0.2, 0) is 16.0 Å². The van der Waals surface area contributed by atoms with Gasteiger partial charge in [0.25, 0.3) is 0 Å². The first-order valence-corrected chi connectivity index (χ1v) is 8.03. The highest BCUT2D eigenvalue weighted by Crippen LogP contribution is 2.17. The molecule has 0 aromatic heterocycles. The van der Waals surface area contributed by atoms with Crippen LogP contribution in [0.5, 0.6) is 0 Å². The Morgan fingerprint density at radius 2 is 1.73 bits per heavy atom. The number of para-hydroxylation sites is 1. The van der Waals surface area contributed by atoms with Gasteiger partial charge in [-0.15, -0.1) is 0 Å². The van der Waals surface area contributed by atoms with Crippen LogP contribution in [0.25, 0.3) is 0 Å². The van der Waals surface area contributed by atoms with Crippen molar-refractivity contribution in [2.24, 2.45) is 11.8 Å². The Morgan fingerprint density at radius 3 is 2.27 bits per heavy atom. The third-order valence-electron chi connectivity index (χ3n) is 3.52. The smallest absolute Gasteiger partial charge is 0.247 e. The van der Waals surface area contributed by atoms with E-state index in [1.54, 1.807) is 0 Å². The zero-order chi connectivity index (χ0) is 16.7. The van der Waals surface area contributed by atoms with E-state index in [1.807, 2.05) is 52.0 Å². The summed E-state index contributed by atoms with van der Waals surface area (Å²) in [6.07, 6.45) is 1.28. The van der Waals surface area contributed by atoms with Crippen LogP contribution in [-0.4, -0.2) is 17.9 Å². The van der Waals surface area contributed by atoms with Gasteiger partial charge in [0.1, 0.15) is 6.04 Å². The minimum atomic E-state index is -0.517. The molecular formula is C18H28N2O2. The molecule has 1 aromatic carbocycles. The van der Waals surface area contributed by atoms with Crippen LogP contribution < -0.4 is 10.6 Å². The molecule has 22 heavy (non-hydrogen) atoms. The van der Waals surface area contributed by atoms with Gasteiger partial charge >= 0.3 is 0 Å². The molecule has 4 nitrogen and oxygen atoms in total. The molecule has 4 heteroatoms. The number of aryl methyl sites for hydroxylation is 1. The normalized spacial score (nSPS) is 12.3. The largest absolute Gasteiger partial charge is 0.344 e. The lowest BCUT2D eigenvalue weighted by atomic mass is 10.0. The van der Waals surface area contributed by atoms with Crippen LogP contribution in [0.3, 0.4) is 0 Å². The summed E-state index contributed by atoms with van der Waals surface area (Å²) < 4.78 is 0. The summed E-state index contributed by atoms with van der Waals surface area (Å²) in [4.78, 5) is 24.5. The van der Waals surface area contributed by atoms with Crippen LogP contribution in [0.15, 0.2) is 24.3 Å². The van der Waals surface area contributed by atoms with Gasteiger partial charge in [-0.2, -0.15) is 0 Å². The van der Waals surface area contributed by atoms with E-state index in [9.17, 15) is 9.59 Å². The van der Waals surface area contributed by atoms with Crippen molar-refractivity contribution in [1.29, 1.82) is 0 Å². The van der Waals surface area contributed by atoms with Crippen LogP contribution in [0, 0.1) is 11.8 Å². The van der Waals surface area contributed by atoms with Crippen molar-refractivity contribution >= 4 is 17.5 Å². The van der Waals surface area contributed by atoms with Crippen LogP contribution in [0.1, 0.15) is 46.6 Å². The Labute approximate surface area is 133 Å². The second kappa shape index (κ2) is 8.57. The maximum Gasteiger partial charge on any atom is 0.247 e. The lowest BCUT2D eigenvalue weighted by Crippen LogP contribution is -2.47. The predicted octanol–water partition coefficient (Wildman–Crippen LogP) is 3.37. The molecular weight excluding hydrogens is 276 g/mol. The van der Waals surface area contributed by atoms with Gasteiger partial charge in [-0.05, 0) is 29.9 Å². The van der Waals surface area contributed by atoms with E-state index >= 15 is 0 Å². The summed E-state index contributed by atoms with van der Waals surface area (Å²) >= 11 is 0. The molecule has 0 aliphatic carbocycles. The Morgan fingerprint density at radius 1 is 1.09 bits per heavy atom. The molecule has 1 unspecified atom stereocenters. The molecule has 0 saturated carbocycles. The first kappa shape index (κ1) is 18.2. The fraction of sp³-hybridized carbons (Fsp3) is 0.556. The monoisotopic (exact) mass is 304 g/mol. The first-order chi connectivity index (χ1) is 10.3. The topological polar surface area (TPSA) is 58.2 Å². The van der Waals surface area contributed by atoms with Crippen molar-refractivity contribution in [2.75, 3.05) is 5.32 Å². The Balaban J connectivity index is 2.79. The molecule has 0 bridgehead atoms. The van der Waals surface area contributed by atoms with Gasteiger partial charge in [0.05, 0.1) is 0 Å². The Bertz CT molecular complexity index is 510.